The van der Waals surface area contributed by atoms with Crippen LogP contribution in [0.15, 0.2) is 24.8 Å². The number of carbonyl (C=O) groups is 2. The van der Waals surface area contributed by atoms with E-state index in [1.807, 2.05) is 0 Å². The van der Waals surface area contributed by atoms with Crippen LogP contribution in [0.3, 0.4) is 0 Å². The molecule has 0 saturated carbocycles. The molecule has 114 valence electrons. The molecule has 0 heterocycles. The van der Waals surface area contributed by atoms with Crippen LogP contribution in [0.4, 0.5) is 5.69 Å². The number of anilines is 1. The third-order valence-electron chi connectivity index (χ3n) is 2.60. The predicted molar refractivity (Wildman–Crippen MR) is 78.2 cm³/mol. The van der Waals surface area contributed by atoms with Gasteiger partial charge in [0, 0.05) is 18.7 Å². The molecule has 0 aliphatic rings. The molecule has 0 atom stereocenters. The van der Waals surface area contributed by atoms with Crippen LogP contribution in [0, 0.1) is 0 Å². The van der Waals surface area contributed by atoms with E-state index in [0.717, 1.165) is 0 Å². The molecule has 1 rings (SSSR count). The number of carboxylic acids is 1. The molecule has 3 N–H and O–H groups in total. The van der Waals surface area contributed by atoms with Crippen LogP contribution >= 0.6 is 0 Å². The molecule has 0 fully saturated rings. The van der Waals surface area contributed by atoms with Crippen molar-refractivity contribution >= 4 is 17.6 Å². The van der Waals surface area contributed by atoms with Crippen LogP contribution in [0.2, 0.25) is 0 Å². The van der Waals surface area contributed by atoms with Gasteiger partial charge in [0.1, 0.15) is 0 Å². The molecule has 21 heavy (non-hydrogen) atoms. The van der Waals surface area contributed by atoms with Crippen molar-refractivity contribution in [1.82, 2.24) is 5.32 Å². The molecule has 0 spiro atoms. The summed E-state index contributed by atoms with van der Waals surface area (Å²) in [7, 11) is 2.83. The average Bonchev–Trinajstić information content (AvgIpc) is 2.46. The Bertz CT molecular complexity index is 542. The third kappa shape index (κ3) is 4.50. The van der Waals surface area contributed by atoms with Gasteiger partial charge >= 0.3 is 5.97 Å². The number of benzene rings is 1. The van der Waals surface area contributed by atoms with Crippen molar-refractivity contribution in [3.05, 3.63) is 30.4 Å². The van der Waals surface area contributed by atoms with Gasteiger partial charge in [-0.05, 0) is 0 Å². The highest BCUT2D eigenvalue weighted by Gasteiger charge is 2.17. The van der Waals surface area contributed by atoms with Gasteiger partial charge in [0.25, 0.3) is 0 Å². The predicted octanol–water partition coefficient (Wildman–Crippen LogP) is 1.12. The average molecular weight is 294 g/mol. The van der Waals surface area contributed by atoms with Crippen molar-refractivity contribution in [2.75, 3.05) is 32.6 Å². The largest absolute Gasteiger partial charge is 0.493 e. The number of methoxy groups -OCH3 is 2. The zero-order chi connectivity index (χ0) is 15.8. The van der Waals surface area contributed by atoms with Gasteiger partial charge < -0.3 is 25.2 Å². The number of nitrogens with one attached hydrogen (secondary N) is 2. The molecule has 0 bridgehead atoms. The van der Waals surface area contributed by atoms with Crippen LogP contribution in [-0.2, 0) is 4.79 Å². The fourth-order valence-electron chi connectivity index (χ4n) is 1.64. The minimum atomic E-state index is -1.18. The van der Waals surface area contributed by atoms with Gasteiger partial charge in [0.2, 0.25) is 5.91 Å². The number of aromatic carboxylic acids is 1. The van der Waals surface area contributed by atoms with E-state index >= 15 is 0 Å². The quantitative estimate of drug-likeness (QED) is 0.491. The molecule has 7 nitrogen and oxygen atoms in total. The van der Waals surface area contributed by atoms with Crippen LogP contribution in [0.5, 0.6) is 11.5 Å². The molecular formula is C14H18N2O5. The maximum Gasteiger partial charge on any atom is 0.337 e. The van der Waals surface area contributed by atoms with E-state index in [1.165, 1.54) is 26.4 Å². The molecule has 1 aromatic rings. The molecule has 0 aliphatic heterocycles. The highest BCUT2D eigenvalue weighted by Crippen LogP contribution is 2.33. The standard InChI is InChI=1S/C14H18N2O5/c1-4-5-15-8-13(17)16-10-7-12(21-3)11(20-2)6-9(10)14(18)19/h4,6-7,15H,1,5,8H2,2-3H3,(H,16,17)(H,18,19). The van der Waals surface area contributed by atoms with E-state index in [4.69, 9.17) is 9.47 Å². The number of hydrogen-bond donors (Lipinski definition) is 3. The van der Waals surface area contributed by atoms with Crippen molar-refractivity contribution in [2.24, 2.45) is 0 Å². The van der Waals surface area contributed by atoms with Gasteiger partial charge in [-0.2, -0.15) is 0 Å². The van der Waals surface area contributed by atoms with Crippen LogP contribution in [0.25, 0.3) is 0 Å². The van der Waals surface area contributed by atoms with E-state index in [0.29, 0.717) is 12.3 Å². The number of carboxylic acid groups (broad SMARTS) is 1. The summed E-state index contributed by atoms with van der Waals surface area (Å²) < 4.78 is 10.1. The number of hydrogen-bond acceptors (Lipinski definition) is 5. The number of amides is 1. The summed E-state index contributed by atoms with van der Waals surface area (Å²) in [4.78, 5) is 23.0. The first-order chi connectivity index (χ1) is 10.0. The molecule has 1 aromatic carbocycles. The number of carbonyl (C=O) groups excluding carboxylic acids is 1. The Kier molecular flexibility index (Phi) is 6.22. The normalized spacial score (nSPS) is 9.81. The van der Waals surface area contributed by atoms with E-state index in [9.17, 15) is 14.7 Å². The Labute approximate surface area is 122 Å². The smallest absolute Gasteiger partial charge is 0.337 e. The third-order valence-corrected chi connectivity index (χ3v) is 2.60. The fourth-order valence-corrected chi connectivity index (χ4v) is 1.64. The van der Waals surface area contributed by atoms with Gasteiger partial charge in [0.15, 0.2) is 11.5 Å². The van der Waals surface area contributed by atoms with Crippen LogP contribution in [0.1, 0.15) is 10.4 Å². The lowest BCUT2D eigenvalue weighted by Crippen LogP contribution is -2.28. The van der Waals surface area contributed by atoms with Gasteiger partial charge in [-0.1, -0.05) is 6.08 Å². The lowest BCUT2D eigenvalue weighted by atomic mass is 10.1. The highest BCUT2D eigenvalue weighted by molar-refractivity contribution is 6.02. The minimum Gasteiger partial charge on any atom is -0.493 e. The zero-order valence-electron chi connectivity index (χ0n) is 11.9. The van der Waals surface area contributed by atoms with E-state index < -0.39 is 5.97 Å². The van der Waals surface area contributed by atoms with Gasteiger partial charge in [-0.15, -0.1) is 6.58 Å². The molecule has 0 saturated heterocycles. The SMILES string of the molecule is C=CCNCC(=O)Nc1cc(OC)c(OC)cc1C(=O)O. The molecular weight excluding hydrogens is 276 g/mol. The second kappa shape index (κ2) is 7.91. The summed E-state index contributed by atoms with van der Waals surface area (Å²) in [6.45, 7) is 4.04. The summed E-state index contributed by atoms with van der Waals surface area (Å²) in [5.74, 6) is -0.939. The van der Waals surface area contributed by atoms with Crippen molar-refractivity contribution in [2.45, 2.75) is 0 Å². The molecule has 1 amide bonds. The lowest BCUT2D eigenvalue weighted by molar-refractivity contribution is -0.115. The summed E-state index contributed by atoms with van der Waals surface area (Å²) in [5, 5.41) is 14.5. The Balaban J connectivity index is 3.01. The second-order valence-electron chi connectivity index (χ2n) is 4.03. The lowest BCUT2D eigenvalue weighted by Gasteiger charge is -2.13. The first-order valence-electron chi connectivity index (χ1n) is 6.14. The Morgan fingerprint density at radius 3 is 2.43 bits per heavy atom. The van der Waals surface area contributed by atoms with Crippen molar-refractivity contribution in [1.29, 1.82) is 0 Å². The zero-order valence-corrected chi connectivity index (χ0v) is 11.9. The number of rotatable bonds is 8. The summed E-state index contributed by atoms with van der Waals surface area (Å²) >= 11 is 0. The number of ether oxygens (including phenoxy) is 2. The Morgan fingerprint density at radius 1 is 1.29 bits per heavy atom. The highest BCUT2D eigenvalue weighted by atomic mass is 16.5. The topological polar surface area (TPSA) is 96.9 Å². The van der Waals surface area contributed by atoms with Crippen molar-refractivity contribution in [3.8, 4) is 11.5 Å². The van der Waals surface area contributed by atoms with E-state index in [2.05, 4.69) is 17.2 Å². The molecule has 0 aromatic heterocycles. The van der Waals surface area contributed by atoms with Crippen LogP contribution < -0.4 is 20.1 Å². The van der Waals surface area contributed by atoms with Crippen LogP contribution in [-0.4, -0.2) is 44.3 Å². The summed E-state index contributed by atoms with van der Waals surface area (Å²) in [6.07, 6.45) is 1.62. The first-order valence-corrected chi connectivity index (χ1v) is 6.14. The van der Waals surface area contributed by atoms with E-state index in [1.54, 1.807) is 6.08 Å². The summed E-state index contributed by atoms with van der Waals surface area (Å²) in [6, 6.07) is 2.71. The van der Waals surface area contributed by atoms with Crippen molar-refractivity contribution in [3.63, 3.8) is 0 Å². The maximum absolute atomic E-state index is 11.7. The fraction of sp³-hybridized carbons (Fsp3) is 0.286. The Hall–Kier alpha value is -2.54. The van der Waals surface area contributed by atoms with Gasteiger partial charge in [-0.3, -0.25) is 4.79 Å². The maximum atomic E-state index is 11.7. The first kappa shape index (κ1) is 16.5. The molecule has 0 aliphatic carbocycles. The molecule has 0 radical (unpaired) electrons. The Morgan fingerprint density at radius 2 is 1.90 bits per heavy atom. The van der Waals surface area contributed by atoms with E-state index in [-0.39, 0.29) is 29.5 Å². The molecule has 7 heteroatoms. The molecule has 0 unspecified atom stereocenters. The van der Waals surface area contributed by atoms with Gasteiger partial charge in [0.05, 0.1) is 32.0 Å². The second-order valence-corrected chi connectivity index (χ2v) is 4.03. The van der Waals surface area contributed by atoms with Gasteiger partial charge in [-0.25, -0.2) is 4.79 Å². The minimum absolute atomic E-state index is 0.0411. The monoisotopic (exact) mass is 294 g/mol. The summed E-state index contributed by atoms with van der Waals surface area (Å²) in [5.41, 5.74) is 0.0651. The van der Waals surface area contributed by atoms with Crippen molar-refractivity contribution < 1.29 is 24.2 Å².